The summed E-state index contributed by atoms with van der Waals surface area (Å²) in [4.78, 5) is 26.9. The van der Waals surface area contributed by atoms with Crippen LogP contribution in [0.3, 0.4) is 0 Å². The van der Waals surface area contributed by atoms with E-state index in [2.05, 4.69) is 25.4 Å². The van der Waals surface area contributed by atoms with Gasteiger partial charge in [0.25, 0.3) is 0 Å². The van der Waals surface area contributed by atoms with E-state index in [0.717, 1.165) is 22.7 Å². The van der Waals surface area contributed by atoms with Crippen LogP contribution in [-0.2, 0) is 13.0 Å². The minimum absolute atomic E-state index is 0.290. The number of anilines is 1. The average Bonchev–Trinajstić information content (AvgIpc) is 3.49. The Morgan fingerprint density at radius 3 is 2.75 bits per heavy atom. The van der Waals surface area contributed by atoms with Crippen LogP contribution in [0, 0.1) is 0 Å². The topological polar surface area (TPSA) is 109 Å². The van der Waals surface area contributed by atoms with Crippen molar-refractivity contribution < 1.29 is 14.1 Å². The second-order valence-corrected chi connectivity index (χ2v) is 7.73. The number of hydrogen-bond acceptors (Lipinski definition) is 6. The number of fused-ring (bicyclic) bond motifs is 1. The van der Waals surface area contributed by atoms with Crippen LogP contribution >= 0.6 is 11.6 Å². The molecule has 162 valence electrons. The lowest BCUT2D eigenvalue weighted by Gasteiger charge is -2.32. The highest BCUT2D eigenvalue weighted by Gasteiger charge is 2.36. The summed E-state index contributed by atoms with van der Waals surface area (Å²) in [7, 11) is 1.61. The Hall–Kier alpha value is -3.85. The van der Waals surface area contributed by atoms with E-state index in [-0.39, 0.29) is 6.03 Å². The number of aromatic nitrogens is 4. The van der Waals surface area contributed by atoms with Gasteiger partial charge in [-0.25, -0.2) is 9.78 Å². The lowest BCUT2D eigenvalue weighted by atomic mass is 10.0. The van der Waals surface area contributed by atoms with Crippen molar-refractivity contribution in [2.75, 3.05) is 12.4 Å². The van der Waals surface area contributed by atoms with E-state index in [4.69, 9.17) is 20.9 Å². The molecule has 1 aliphatic rings. The maximum Gasteiger partial charge on any atom is 0.322 e. The number of urea groups is 1. The van der Waals surface area contributed by atoms with Gasteiger partial charge in [0.1, 0.15) is 11.8 Å². The van der Waals surface area contributed by atoms with Crippen molar-refractivity contribution in [1.82, 2.24) is 25.0 Å². The van der Waals surface area contributed by atoms with Crippen LogP contribution in [0.4, 0.5) is 10.5 Å². The maximum absolute atomic E-state index is 13.2. The van der Waals surface area contributed by atoms with E-state index < -0.39 is 6.04 Å². The number of imidazole rings is 1. The van der Waals surface area contributed by atoms with E-state index >= 15 is 0 Å². The first-order valence-corrected chi connectivity index (χ1v) is 10.3. The minimum atomic E-state index is -0.461. The predicted octanol–water partition coefficient (Wildman–Crippen LogP) is 4.45. The monoisotopic (exact) mass is 450 g/mol. The second-order valence-electron chi connectivity index (χ2n) is 7.30. The highest BCUT2D eigenvalue weighted by molar-refractivity contribution is 6.30. The number of carbonyl (C=O) groups excluding carboxylic acids is 1. The van der Waals surface area contributed by atoms with Crippen molar-refractivity contribution in [3.63, 3.8) is 0 Å². The highest BCUT2D eigenvalue weighted by Crippen LogP contribution is 2.33. The summed E-state index contributed by atoms with van der Waals surface area (Å²) >= 11 is 5.94. The van der Waals surface area contributed by atoms with Crippen molar-refractivity contribution in [2.45, 2.75) is 19.0 Å². The van der Waals surface area contributed by atoms with Gasteiger partial charge in [0.2, 0.25) is 11.7 Å². The third-order valence-corrected chi connectivity index (χ3v) is 5.58. The molecule has 0 saturated carbocycles. The van der Waals surface area contributed by atoms with E-state index in [1.165, 1.54) is 0 Å². The molecule has 32 heavy (non-hydrogen) atoms. The van der Waals surface area contributed by atoms with E-state index in [1.54, 1.807) is 42.6 Å². The number of benzene rings is 2. The van der Waals surface area contributed by atoms with E-state index in [9.17, 15) is 4.79 Å². The molecule has 2 aromatic heterocycles. The van der Waals surface area contributed by atoms with Crippen LogP contribution < -0.4 is 10.1 Å². The van der Waals surface area contributed by atoms with Crippen LogP contribution in [0.1, 0.15) is 23.3 Å². The molecule has 2 N–H and O–H groups in total. The number of methoxy groups -OCH3 is 1. The number of H-pyrrole nitrogens is 1. The Morgan fingerprint density at radius 1 is 1.22 bits per heavy atom. The Labute approximate surface area is 188 Å². The summed E-state index contributed by atoms with van der Waals surface area (Å²) in [6.45, 7) is 0.333. The first-order valence-electron chi connectivity index (χ1n) is 9.93. The van der Waals surface area contributed by atoms with Gasteiger partial charge in [-0.2, -0.15) is 4.98 Å². The highest BCUT2D eigenvalue weighted by atomic mass is 35.5. The second kappa shape index (κ2) is 8.35. The molecular formula is C22H19ClN6O3. The van der Waals surface area contributed by atoms with Gasteiger partial charge in [0.15, 0.2) is 0 Å². The van der Waals surface area contributed by atoms with Crippen LogP contribution in [0.2, 0.25) is 5.02 Å². The number of halogens is 1. The fourth-order valence-corrected chi connectivity index (χ4v) is 3.75. The van der Waals surface area contributed by atoms with Crippen LogP contribution in [-0.4, -0.2) is 38.1 Å². The van der Waals surface area contributed by atoms with Gasteiger partial charge >= 0.3 is 6.03 Å². The first-order chi connectivity index (χ1) is 15.6. The molecule has 0 aliphatic carbocycles. The number of rotatable bonds is 4. The predicted molar refractivity (Wildman–Crippen MR) is 117 cm³/mol. The molecule has 5 rings (SSSR count). The molecule has 10 heteroatoms. The average molecular weight is 451 g/mol. The van der Waals surface area contributed by atoms with Crippen molar-refractivity contribution in [3.8, 4) is 17.1 Å². The zero-order valence-electron chi connectivity index (χ0n) is 17.1. The van der Waals surface area contributed by atoms with Gasteiger partial charge in [-0.15, -0.1) is 0 Å². The maximum atomic E-state index is 13.2. The Bertz CT molecular complexity index is 1240. The summed E-state index contributed by atoms with van der Waals surface area (Å²) in [6, 6.07) is 13.5. The third-order valence-electron chi connectivity index (χ3n) is 5.33. The largest absolute Gasteiger partial charge is 0.497 e. The number of hydrogen-bond donors (Lipinski definition) is 2. The molecule has 9 nitrogen and oxygen atoms in total. The lowest BCUT2D eigenvalue weighted by Crippen LogP contribution is -2.41. The summed E-state index contributed by atoms with van der Waals surface area (Å²) in [5.41, 5.74) is 3.17. The van der Waals surface area contributed by atoms with Crippen molar-refractivity contribution in [1.29, 1.82) is 0 Å². The molecular weight excluding hydrogens is 432 g/mol. The Balaban J connectivity index is 1.43. The standard InChI is InChI=1S/C22H19ClN6O3/c1-31-16-8-2-13(3-9-16)20-27-21(32-28-20)19-10-17-18(25-12-24-17)11-29(19)22(30)26-15-6-4-14(23)5-7-15/h2-9,12,19H,10-11H2,1H3,(H,24,25)(H,26,30)/t19-/m0/s1. The summed E-state index contributed by atoms with van der Waals surface area (Å²) < 4.78 is 10.8. The van der Waals surface area contributed by atoms with Crippen molar-refractivity contribution in [2.24, 2.45) is 0 Å². The molecule has 0 saturated heterocycles. The van der Waals surface area contributed by atoms with Gasteiger partial charge in [-0.3, -0.25) is 0 Å². The molecule has 4 aromatic rings. The molecule has 2 aromatic carbocycles. The number of aromatic amines is 1. The zero-order valence-corrected chi connectivity index (χ0v) is 17.8. The SMILES string of the molecule is COc1ccc(-c2noc([C@@H]3Cc4nc[nH]c4CN3C(=O)Nc3ccc(Cl)cc3)n2)cc1. The number of nitrogens with one attached hydrogen (secondary N) is 2. The summed E-state index contributed by atoms with van der Waals surface area (Å²) in [5, 5.41) is 7.62. The number of amides is 2. The zero-order chi connectivity index (χ0) is 22.1. The lowest BCUT2D eigenvalue weighted by molar-refractivity contribution is 0.155. The van der Waals surface area contributed by atoms with Gasteiger partial charge in [0, 0.05) is 22.7 Å². The van der Waals surface area contributed by atoms with E-state index in [0.29, 0.717) is 35.4 Å². The molecule has 0 spiro atoms. The minimum Gasteiger partial charge on any atom is -0.497 e. The van der Waals surface area contributed by atoms with Gasteiger partial charge in [-0.1, -0.05) is 16.8 Å². The quantitative estimate of drug-likeness (QED) is 0.475. The molecule has 1 aliphatic heterocycles. The molecule has 1 atom stereocenters. The normalized spacial score (nSPS) is 15.3. The van der Waals surface area contributed by atoms with Gasteiger partial charge in [-0.05, 0) is 48.5 Å². The molecule has 0 unspecified atom stereocenters. The van der Waals surface area contributed by atoms with Gasteiger partial charge in [0.05, 0.1) is 31.4 Å². The fourth-order valence-electron chi connectivity index (χ4n) is 3.63. The molecule has 3 heterocycles. The number of carbonyl (C=O) groups is 1. The first kappa shape index (κ1) is 20.1. The van der Waals surface area contributed by atoms with Crippen LogP contribution in [0.15, 0.2) is 59.4 Å². The van der Waals surface area contributed by atoms with Crippen LogP contribution in [0.25, 0.3) is 11.4 Å². The summed E-state index contributed by atoms with van der Waals surface area (Å²) in [5.74, 6) is 1.52. The molecule has 0 fully saturated rings. The molecule has 0 bridgehead atoms. The molecule has 2 amide bonds. The van der Waals surface area contributed by atoms with Crippen molar-refractivity contribution in [3.05, 3.63) is 77.2 Å². The Kier molecular flexibility index (Phi) is 5.24. The third kappa shape index (κ3) is 3.90. The number of ether oxygens (including phenoxy) is 1. The van der Waals surface area contributed by atoms with Crippen molar-refractivity contribution >= 4 is 23.3 Å². The van der Waals surface area contributed by atoms with Gasteiger partial charge < -0.3 is 24.5 Å². The summed E-state index contributed by atoms with van der Waals surface area (Å²) in [6.07, 6.45) is 2.08. The van der Waals surface area contributed by atoms with E-state index in [1.807, 2.05) is 24.3 Å². The smallest absolute Gasteiger partial charge is 0.322 e. The fraction of sp³-hybridized carbons (Fsp3) is 0.182. The number of nitrogens with zero attached hydrogens (tertiary/aromatic N) is 4. The van der Waals surface area contributed by atoms with Crippen LogP contribution in [0.5, 0.6) is 5.75 Å². The Morgan fingerprint density at radius 2 is 2.00 bits per heavy atom. The molecule has 0 radical (unpaired) electrons.